The highest BCUT2D eigenvalue weighted by molar-refractivity contribution is 6.33. The van der Waals surface area contributed by atoms with Crippen LogP contribution in [0.5, 0.6) is 0 Å². The quantitative estimate of drug-likeness (QED) is 0.842. The van der Waals surface area contributed by atoms with Crippen molar-refractivity contribution >= 4 is 23.2 Å². The van der Waals surface area contributed by atoms with Crippen LogP contribution in [-0.2, 0) is 6.54 Å². The van der Waals surface area contributed by atoms with Crippen LogP contribution in [0.1, 0.15) is 26.3 Å². The van der Waals surface area contributed by atoms with Gasteiger partial charge in [-0.1, -0.05) is 37.0 Å². The Morgan fingerprint density at radius 2 is 1.87 bits per heavy atom. The second-order valence-electron chi connectivity index (χ2n) is 4.15. The number of hydrogen-bond acceptors (Lipinski definition) is 1. The lowest BCUT2D eigenvalue weighted by molar-refractivity contribution is 0.426. The molecule has 0 aliphatic heterocycles. The highest BCUT2D eigenvalue weighted by Crippen LogP contribution is 2.20. The van der Waals surface area contributed by atoms with Gasteiger partial charge in [0, 0.05) is 22.6 Å². The monoisotopic (exact) mass is 245 g/mol. The van der Waals surface area contributed by atoms with E-state index in [1.807, 2.05) is 12.1 Å². The average Bonchev–Trinajstić information content (AvgIpc) is 2.18. The molecule has 0 bridgehead atoms. The first-order valence-corrected chi connectivity index (χ1v) is 5.93. The van der Waals surface area contributed by atoms with Gasteiger partial charge in [0.1, 0.15) is 0 Å². The molecule has 1 unspecified atom stereocenters. The molecule has 1 aromatic carbocycles. The number of halogens is 2. The molecule has 1 atom stereocenters. The highest BCUT2D eigenvalue weighted by Gasteiger charge is 2.07. The molecular formula is C12H17Cl2N. The fourth-order valence-corrected chi connectivity index (χ4v) is 1.56. The molecule has 0 aliphatic carbocycles. The van der Waals surface area contributed by atoms with Crippen LogP contribution in [0.2, 0.25) is 10.0 Å². The number of hydrogen-bond donors (Lipinski definition) is 1. The van der Waals surface area contributed by atoms with Crippen LogP contribution in [0.25, 0.3) is 0 Å². The van der Waals surface area contributed by atoms with Crippen LogP contribution in [0.3, 0.4) is 0 Å². The van der Waals surface area contributed by atoms with Gasteiger partial charge in [0.15, 0.2) is 0 Å². The van der Waals surface area contributed by atoms with Crippen molar-refractivity contribution in [1.82, 2.24) is 5.32 Å². The Bertz CT molecular complexity index is 323. The summed E-state index contributed by atoms with van der Waals surface area (Å²) < 4.78 is 0. The van der Waals surface area contributed by atoms with Crippen LogP contribution in [0.15, 0.2) is 18.2 Å². The molecule has 84 valence electrons. The molecule has 0 amide bonds. The molecule has 1 rings (SSSR count). The van der Waals surface area contributed by atoms with E-state index in [0.717, 1.165) is 22.2 Å². The van der Waals surface area contributed by atoms with Crippen molar-refractivity contribution in [3.8, 4) is 0 Å². The Kier molecular flexibility index (Phi) is 4.91. The Hall–Kier alpha value is -0.240. The van der Waals surface area contributed by atoms with Gasteiger partial charge in [0.25, 0.3) is 0 Å². The normalized spacial score (nSPS) is 13.2. The van der Waals surface area contributed by atoms with Crippen molar-refractivity contribution in [2.75, 3.05) is 0 Å². The first-order chi connectivity index (χ1) is 7.00. The summed E-state index contributed by atoms with van der Waals surface area (Å²) in [4.78, 5) is 0. The van der Waals surface area contributed by atoms with Gasteiger partial charge in [-0.15, -0.1) is 0 Å². The minimum Gasteiger partial charge on any atom is -0.310 e. The highest BCUT2D eigenvalue weighted by atomic mass is 35.5. The molecule has 15 heavy (non-hydrogen) atoms. The molecule has 1 aromatic rings. The lowest BCUT2D eigenvalue weighted by Crippen LogP contribution is -2.30. The summed E-state index contributed by atoms with van der Waals surface area (Å²) in [5.41, 5.74) is 1.05. The number of nitrogens with one attached hydrogen (secondary N) is 1. The predicted molar refractivity (Wildman–Crippen MR) is 67.6 cm³/mol. The van der Waals surface area contributed by atoms with Gasteiger partial charge in [0.2, 0.25) is 0 Å². The lowest BCUT2D eigenvalue weighted by atomic mass is 10.1. The van der Waals surface area contributed by atoms with Crippen molar-refractivity contribution in [2.45, 2.75) is 33.4 Å². The van der Waals surface area contributed by atoms with Crippen molar-refractivity contribution in [3.63, 3.8) is 0 Å². The van der Waals surface area contributed by atoms with Gasteiger partial charge < -0.3 is 5.32 Å². The molecule has 1 N–H and O–H groups in total. The maximum absolute atomic E-state index is 6.06. The van der Waals surface area contributed by atoms with Gasteiger partial charge in [0.05, 0.1) is 0 Å². The molecule has 0 aromatic heterocycles. The fraction of sp³-hybridized carbons (Fsp3) is 0.500. The molecular weight excluding hydrogens is 229 g/mol. The molecule has 0 saturated carbocycles. The largest absolute Gasteiger partial charge is 0.310 e. The predicted octanol–water partition coefficient (Wildman–Crippen LogP) is 4.13. The Morgan fingerprint density at radius 1 is 1.20 bits per heavy atom. The van der Waals surface area contributed by atoms with E-state index in [9.17, 15) is 0 Å². The van der Waals surface area contributed by atoms with Gasteiger partial charge in [-0.2, -0.15) is 0 Å². The van der Waals surface area contributed by atoms with E-state index in [-0.39, 0.29) is 0 Å². The zero-order valence-electron chi connectivity index (χ0n) is 9.35. The maximum atomic E-state index is 6.06. The first-order valence-electron chi connectivity index (χ1n) is 5.18. The van der Waals surface area contributed by atoms with E-state index in [4.69, 9.17) is 23.2 Å². The second-order valence-corrected chi connectivity index (χ2v) is 4.99. The third-order valence-electron chi connectivity index (χ3n) is 2.62. The van der Waals surface area contributed by atoms with E-state index >= 15 is 0 Å². The molecule has 0 spiro atoms. The van der Waals surface area contributed by atoms with Crippen LogP contribution in [0.4, 0.5) is 0 Å². The topological polar surface area (TPSA) is 12.0 Å². The zero-order valence-corrected chi connectivity index (χ0v) is 10.9. The number of rotatable bonds is 4. The van der Waals surface area contributed by atoms with Gasteiger partial charge in [-0.05, 0) is 36.6 Å². The van der Waals surface area contributed by atoms with E-state index in [0.29, 0.717) is 12.0 Å². The zero-order chi connectivity index (χ0) is 11.4. The van der Waals surface area contributed by atoms with Gasteiger partial charge >= 0.3 is 0 Å². The molecule has 0 heterocycles. The standard InChI is InChI=1S/C12H17Cl2N/c1-8(2)9(3)15-7-10-6-11(13)4-5-12(10)14/h4-6,8-9,15H,7H2,1-3H3. The lowest BCUT2D eigenvalue weighted by Gasteiger charge is -2.17. The average molecular weight is 246 g/mol. The third-order valence-corrected chi connectivity index (χ3v) is 3.23. The van der Waals surface area contributed by atoms with Crippen molar-refractivity contribution < 1.29 is 0 Å². The summed E-state index contributed by atoms with van der Waals surface area (Å²) in [6.45, 7) is 7.32. The van der Waals surface area contributed by atoms with Gasteiger partial charge in [-0.25, -0.2) is 0 Å². The fourth-order valence-electron chi connectivity index (χ4n) is 1.19. The van der Waals surface area contributed by atoms with E-state index in [1.165, 1.54) is 0 Å². The maximum Gasteiger partial charge on any atom is 0.0451 e. The first kappa shape index (κ1) is 12.8. The Morgan fingerprint density at radius 3 is 2.47 bits per heavy atom. The molecule has 1 nitrogen and oxygen atoms in total. The summed E-state index contributed by atoms with van der Waals surface area (Å²) in [7, 11) is 0. The Balaban J connectivity index is 2.61. The molecule has 0 fully saturated rings. The van der Waals surface area contributed by atoms with Crippen molar-refractivity contribution in [2.24, 2.45) is 5.92 Å². The summed E-state index contributed by atoms with van der Waals surface area (Å²) in [5.74, 6) is 0.614. The minimum absolute atomic E-state index is 0.472. The van der Waals surface area contributed by atoms with Crippen molar-refractivity contribution in [1.29, 1.82) is 0 Å². The van der Waals surface area contributed by atoms with E-state index < -0.39 is 0 Å². The molecule has 3 heteroatoms. The van der Waals surface area contributed by atoms with Crippen LogP contribution < -0.4 is 5.32 Å². The third kappa shape index (κ3) is 4.02. The van der Waals surface area contributed by atoms with Crippen LogP contribution in [0, 0.1) is 5.92 Å². The van der Waals surface area contributed by atoms with Gasteiger partial charge in [-0.3, -0.25) is 0 Å². The SMILES string of the molecule is CC(C)C(C)NCc1cc(Cl)ccc1Cl. The summed E-state index contributed by atoms with van der Waals surface area (Å²) >= 11 is 12.0. The van der Waals surface area contributed by atoms with Crippen LogP contribution in [-0.4, -0.2) is 6.04 Å². The summed E-state index contributed by atoms with van der Waals surface area (Å²) in [6.07, 6.45) is 0. The van der Waals surface area contributed by atoms with Crippen LogP contribution >= 0.6 is 23.2 Å². The molecule has 0 radical (unpaired) electrons. The smallest absolute Gasteiger partial charge is 0.0451 e. The second kappa shape index (κ2) is 5.74. The Labute approximate surface area is 102 Å². The molecule has 0 aliphatic rings. The number of benzene rings is 1. The summed E-state index contributed by atoms with van der Waals surface area (Å²) in [5, 5.41) is 4.92. The van der Waals surface area contributed by atoms with E-state index in [1.54, 1.807) is 6.07 Å². The summed E-state index contributed by atoms with van der Waals surface area (Å²) in [6, 6.07) is 6.02. The van der Waals surface area contributed by atoms with Crippen molar-refractivity contribution in [3.05, 3.63) is 33.8 Å². The van der Waals surface area contributed by atoms with E-state index in [2.05, 4.69) is 26.1 Å². The minimum atomic E-state index is 0.472. The molecule has 0 saturated heterocycles.